The first kappa shape index (κ1) is 22.8. The molecule has 0 heterocycles. The van der Waals surface area contributed by atoms with Gasteiger partial charge in [-0.1, -0.05) is 12.1 Å². The van der Waals surface area contributed by atoms with Crippen LogP contribution >= 0.6 is 12.4 Å². The maximum atomic E-state index is 8.49. The van der Waals surface area contributed by atoms with E-state index in [9.17, 15) is 0 Å². The van der Waals surface area contributed by atoms with E-state index >= 15 is 0 Å². The van der Waals surface area contributed by atoms with Crippen LogP contribution in [0, 0.1) is 25.2 Å². The third kappa shape index (κ3) is 7.47. The van der Waals surface area contributed by atoms with Crippen molar-refractivity contribution in [3.05, 3.63) is 58.7 Å². The van der Waals surface area contributed by atoms with Crippen molar-refractivity contribution >= 4 is 12.4 Å². The molecule has 0 saturated carbocycles. The number of nitrogens with two attached hydrogens (primary N) is 1. The molecule has 0 aliphatic heterocycles. The molecule has 2 aromatic carbocycles. The summed E-state index contributed by atoms with van der Waals surface area (Å²) in [5.74, 6) is 1.75. The Labute approximate surface area is 157 Å². The van der Waals surface area contributed by atoms with Gasteiger partial charge in [0, 0.05) is 0 Å². The van der Waals surface area contributed by atoms with Gasteiger partial charge in [0.25, 0.3) is 0 Å². The van der Waals surface area contributed by atoms with E-state index in [0.29, 0.717) is 13.0 Å². The molecule has 0 saturated heterocycles. The van der Waals surface area contributed by atoms with E-state index in [-0.39, 0.29) is 12.4 Å². The number of hydrogen-bond donors (Lipinski definition) is 1. The van der Waals surface area contributed by atoms with Crippen LogP contribution in [0.1, 0.15) is 22.3 Å². The molecule has 136 valence electrons. The van der Waals surface area contributed by atoms with Crippen LogP contribution in [0.3, 0.4) is 0 Å². The molecule has 0 unspecified atom stereocenters. The van der Waals surface area contributed by atoms with Crippen LogP contribution in [0.25, 0.3) is 0 Å². The lowest BCUT2D eigenvalue weighted by Crippen LogP contribution is -2.04. The van der Waals surface area contributed by atoms with Crippen LogP contribution in [0.4, 0.5) is 0 Å². The number of nitrogens with zero attached hydrogens (tertiary/aromatic N) is 1. The summed E-state index contributed by atoms with van der Waals surface area (Å²) in [5, 5.41) is 8.49. The normalized spacial score (nSPS) is 9.12. The molecule has 5 heteroatoms. The maximum Gasteiger partial charge on any atom is 0.119 e. The fraction of sp³-hybridized carbons (Fsp3) is 0.350. The second kappa shape index (κ2) is 12.2. The number of benzene rings is 2. The Hall–Kier alpha value is -2.22. The van der Waals surface area contributed by atoms with Crippen LogP contribution in [0.15, 0.2) is 36.4 Å². The third-order valence-electron chi connectivity index (χ3n) is 3.78. The number of nitriles is 1. The molecule has 2 rings (SSSR count). The van der Waals surface area contributed by atoms with E-state index in [0.717, 1.165) is 29.0 Å². The number of hydrogen-bond acceptors (Lipinski definition) is 4. The van der Waals surface area contributed by atoms with Crippen LogP contribution in [0.2, 0.25) is 0 Å². The highest BCUT2D eigenvalue weighted by Gasteiger charge is 1.99. The highest BCUT2D eigenvalue weighted by molar-refractivity contribution is 5.85. The molecule has 0 atom stereocenters. The molecule has 0 aliphatic carbocycles. The molecule has 0 radical (unpaired) electrons. The molecule has 25 heavy (non-hydrogen) atoms. The van der Waals surface area contributed by atoms with E-state index in [1.54, 1.807) is 14.2 Å². The minimum atomic E-state index is 0. The van der Waals surface area contributed by atoms with Crippen molar-refractivity contribution in [2.24, 2.45) is 5.73 Å². The van der Waals surface area contributed by atoms with Gasteiger partial charge >= 0.3 is 0 Å². The predicted molar refractivity (Wildman–Crippen MR) is 105 cm³/mol. The van der Waals surface area contributed by atoms with Crippen molar-refractivity contribution in [3.63, 3.8) is 0 Å². The highest BCUT2D eigenvalue weighted by Crippen LogP contribution is 2.17. The smallest absolute Gasteiger partial charge is 0.119 e. The SMILES string of the molecule is COc1ccc(CC#N)c(C)c1.COc1ccc(CCN)c(C)c1.Cl. The highest BCUT2D eigenvalue weighted by atomic mass is 35.5. The number of rotatable bonds is 5. The molecular weight excluding hydrogens is 336 g/mol. The van der Waals surface area contributed by atoms with E-state index in [1.165, 1.54) is 11.1 Å². The van der Waals surface area contributed by atoms with Crippen molar-refractivity contribution in [1.82, 2.24) is 0 Å². The molecule has 0 aliphatic rings. The van der Waals surface area contributed by atoms with Gasteiger partial charge in [-0.15, -0.1) is 12.4 Å². The summed E-state index contributed by atoms with van der Waals surface area (Å²) in [5.41, 5.74) is 10.2. The Morgan fingerprint density at radius 3 is 1.76 bits per heavy atom. The quantitative estimate of drug-likeness (QED) is 0.872. The Morgan fingerprint density at radius 2 is 1.40 bits per heavy atom. The summed E-state index contributed by atoms with van der Waals surface area (Å²) in [6, 6.07) is 13.9. The second-order valence-electron chi connectivity index (χ2n) is 5.46. The topological polar surface area (TPSA) is 68.3 Å². The van der Waals surface area contributed by atoms with Crippen LogP contribution in [-0.2, 0) is 12.8 Å². The first-order valence-corrected chi connectivity index (χ1v) is 7.89. The molecule has 0 amide bonds. The van der Waals surface area contributed by atoms with Gasteiger partial charge in [-0.3, -0.25) is 0 Å². The molecule has 2 N–H and O–H groups in total. The molecular formula is C20H27ClN2O2. The van der Waals surface area contributed by atoms with E-state index in [2.05, 4.69) is 19.1 Å². The summed E-state index contributed by atoms with van der Waals surface area (Å²) < 4.78 is 10.1. The molecule has 2 aromatic rings. The average Bonchev–Trinajstić information content (AvgIpc) is 2.59. The maximum absolute atomic E-state index is 8.49. The zero-order chi connectivity index (χ0) is 17.9. The van der Waals surface area contributed by atoms with Crippen LogP contribution < -0.4 is 15.2 Å². The first-order chi connectivity index (χ1) is 11.5. The molecule has 0 spiro atoms. The fourth-order valence-corrected chi connectivity index (χ4v) is 2.31. The van der Waals surface area contributed by atoms with Gasteiger partial charge in [-0.05, 0) is 73.3 Å². The van der Waals surface area contributed by atoms with Gasteiger partial charge in [0.15, 0.2) is 0 Å². The summed E-state index contributed by atoms with van der Waals surface area (Å²) in [7, 11) is 3.32. The van der Waals surface area contributed by atoms with Gasteiger partial charge in [0.2, 0.25) is 0 Å². The second-order valence-corrected chi connectivity index (χ2v) is 5.46. The number of aryl methyl sites for hydroxylation is 2. The van der Waals surface area contributed by atoms with Crippen molar-refractivity contribution < 1.29 is 9.47 Å². The minimum absolute atomic E-state index is 0. The Bertz CT molecular complexity index is 697. The van der Waals surface area contributed by atoms with Crippen LogP contribution in [-0.4, -0.2) is 20.8 Å². The third-order valence-corrected chi connectivity index (χ3v) is 3.78. The fourth-order valence-electron chi connectivity index (χ4n) is 2.31. The standard InChI is InChI=1S/C10H15NO.C10H11NO.ClH/c2*1-8-7-10(12-2)4-3-9(8)5-6-11;/h3-4,7H,5-6,11H2,1-2H3;3-4,7H,5H2,1-2H3;1H. The summed E-state index contributed by atoms with van der Waals surface area (Å²) >= 11 is 0. The van der Waals surface area contributed by atoms with Crippen LogP contribution in [0.5, 0.6) is 11.5 Å². The Morgan fingerprint density at radius 1 is 0.920 bits per heavy atom. The number of ether oxygens (including phenoxy) is 2. The molecule has 0 fully saturated rings. The average molecular weight is 363 g/mol. The van der Waals surface area contributed by atoms with E-state index in [1.807, 2.05) is 37.3 Å². The zero-order valence-electron chi connectivity index (χ0n) is 15.3. The summed E-state index contributed by atoms with van der Waals surface area (Å²) in [6.45, 7) is 4.76. The van der Waals surface area contributed by atoms with Crippen molar-refractivity contribution in [3.8, 4) is 17.6 Å². The lowest BCUT2D eigenvalue weighted by molar-refractivity contribution is 0.414. The van der Waals surface area contributed by atoms with Gasteiger partial charge in [-0.25, -0.2) is 0 Å². The monoisotopic (exact) mass is 362 g/mol. The lowest BCUT2D eigenvalue weighted by atomic mass is 10.1. The zero-order valence-corrected chi connectivity index (χ0v) is 16.2. The Balaban J connectivity index is 0.000000443. The van der Waals surface area contributed by atoms with E-state index in [4.69, 9.17) is 20.5 Å². The predicted octanol–water partition coefficient (Wildman–Crippen LogP) is 4.00. The molecule has 0 bridgehead atoms. The van der Waals surface area contributed by atoms with Gasteiger partial charge in [0.1, 0.15) is 11.5 Å². The Kier molecular flexibility index (Phi) is 11.1. The molecule has 0 aromatic heterocycles. The van der Waals surface area contributed by atoms with Crippen molar-refractivity contribution in [2.45, 2.75) is 26.7 Å². The first-order valence-electron chi connectivity index (χ1n) is 7.89. The molecule has 4 nitrogen and oxygen atoms in total. The lowest BCUT2D eigenvalue weighted by Gasteiger charge is -2.06. The number of halogens is 1. The van der Waals surface area contributed by atoms with E-state index < -0.39 is 0 Å². The van der Waals surface area contributed by atoms with Gasteiger partial charge in [0.05, 0.1) is 26.7 Å². The largest absolute Gasteiger partial charge is 0.497 e. The minimum Gasteiger partial charge on any atom is -0.497 e. The number of methoxy groups -OCH3 is 2. The summed E-state index contributed by atoms with van der Waals surface area (Å²) in [6.07, 6.45) is 1.41. The van der Waals surface area contributed by atoms with Crippen molar-refractivity contribution in [1.29, 1.82) is 5.26 Å². The van der Waals surface area contributed by atoms with Gasteiger partial charge < -0.3 is 15.2 Å². The van der Waals surface area contributed by atoms with Crippen molar-refractivity contribution in [2.75, 3.05) is 20.8 Å². The summed E-state index contributed by atoms with van der Waals surface area (Å²) in [4.78, 5) is 0. The van der Waals surface area contributed by atoms with Gasteiger partial charge in [-0.2, -0.15) is 5.26 Å².